The molecule has 0 heterocycles. The summed E-state index contributed by atoms with van der Waals surface area (Å²) >= 11 is 0. The van der Waals surface area contributed by atoms with Crippen molar-refractivity contribution in [3.05, 3.63) is 57.7 Å². The highest BCUT2D eigenvalue weighted by atomic mass is 16.1. The molecule has 0 spiro atoms. The van der Waals surface area contributed by atoms with Crippen molar-refractivity contribution >= 4 is 11.6 Å². The third-order valence-corrected chi connectivity index (χ3v) is 7.96. The standard InChI is InChI=1S/C30H40O2/c1-19(2)25-15-23(16-26(20(3)4)29(25)31)24-17-27(21-11-7-5-8-12-21)30(32)28(18-24)22-13-9-6-10-14-22/h15-22H,5-14H2,1-4H3. The molecule has 0 atom stereocenters. The first-order chi connectivity index (χ1) is 15.4. The molecule has 2 fully saturated rings. The van der Waals surface area contributed by atoms with Gasteiger partial charge in [-0.1, -0.05) is 66.2 Å². The van der Waals surface area contributed by atoms with Gasteiger partial charge < -0.3 is 0 Å². The van der Waals surface area contributed by atoms with Crippen LogP contribution < -0.4 is 0 Å². The van der Waals surface area contributed by atoms with Gasteiger partial charge in [0.25, 0.3) is 0 Å². The molecule has 0 aliphatic heterocycles. The third kappa shape index (κ3) is 4.70. The molecule has 4 aliphatic rings. The second kappa shape index (κ2) is 9.89. The maximum Gasteiger partial charge on any atom is 0.185 e. The highest BCUT2D eigenvalue weighted by Gasteiger charge is 2.33. The Morgan fingerprint density at radius 1 is 0.562 bits per heavy atom. The maximum atomic E-state index is 13.7. The van der Waals surface area contributed by atoms with Crippen LogP contribution in [0.5, 0.6) is 0 Å². The van der Waals surface area contributed by atoms with Gasteiger partial charge in [-0.15, -0.1) is 0 Å². The van der Waals surface area contributed by atoms with Crippen LogP contribution in [0.15, 0.2) is 57.7 Å². The smallest absolute Gasteiger partial charge is 0.185 e. The minimum absolute atomic E-state index is 0.189. The van der Waals surface area contributed by atoms with Gasteiger partial charge in [-0.25, -0.2) is 0 Å². The summed E-state index contributed by atoms with van der Waals surface area (Å²) in [6.07, 6.45) is 20.6. The second-order valence-electron chi connectivity index (χ2n) is 10.9. The molecule has 0 aromatic carbocycles. The molecule has 0 aromatic rings. The number of hydrogen-bond acceptors (Lipinski definition) is 2. The van der Waals surface area contributed by atoms with Gasteiger partial charge in [0, 0.05) is 22.3 Å². The van der Waals surface area contributed by atoms with Gasteiger partial charge in [0.1, 0.15) is 0 Å². The van der Waals surface area contributed by atoms with E-state index in [0.717, 1.165) is 59.1 Å². The summed E-state index contributed by atoms with van der Waals surface area (Å²) in [5.41, 5.74) is 6.16. The van der Waals surface area contributed by atoms with Crippen LogP contribution in [0.1, 0.15) is 91.9 Å². The lowest BCUT2D eigenvalue weighted by Gasteiger charge is -2.31. The number of allylic oxidation sites excluding steroid dienone is 10. The van der Waals surface area contributed by atoms with Crippen molar-refractivity contribution < 1.29 is 9.59 Å². The van der Waals surface area contributed by atoms with Gasteiger partial charge in [0.15, 0.2) is 11.6 Å². The summed E-state index contributed by atoms with van der Waals surface area (Å²) in [6, 6.07) is 0. The number of Topliss-reactive ketones (excluding diaryl/α,β-unsaturated/α-hetero) is 2. The van der Waals surface area contributed by atoms with E-state index in [1.807, 2.05) is 0 Å². The van der Waals surface area contributed by atoms with E-state index in [4.69, 9.17) is 0 Å². The zero-order valence-electron chi connectivity index (χ0n) is 20.5. The molecule has 2 nitrogen and oxygen atoms in total. The molecule has 4 rings (SSSR count). The largest absolute Gasteiger partial charge is 0.289 e. The summed E-state index contributed by atoms with van der Waals surface area (Å²) in [5, 5.41) is 0. The predicted molar refractivity (Wildman–Crippen MR) is 132 cm³/mol. The molecular weight excluding hydrogens is 392 g/mol. The van der Waals surface area contributed by atoms with Crippen molar-refractivity contribution in [2.24, 2.45) is 23.7 Å². The Morgan fingerprint density at radius 2 is 0.938 bits per heavy atom. The van der Waals surface area contributed by atoms with Crippen molar-refractivity contribution in [2.45, 2.75) is 91.9 Å². The topological polar surface area (TPSA) is 34.1 Å². The number of carbonyl (C=O) groups excluding carboxylic acids is 2. The molecule has 0 unspecified atom stereocenters. The molecule has 172 valence electrons. The molecule has 0 N–H and O–H groups in total. The Hall–Kier alpha value is -1.96. The summed E-state index contributed by atoms with van der Waals surface area (Å²) < 4.78 is 0. The predicted octanol–water partition coefficient (Wildman–Crippen LogP) is 7.63. The minimum Gasteiger partial charge on any atom is -0.289 e. The normalized spacial score (nSPS) is 24.1. The molecule has 0 radical (unpaired) electrons. The van der Waals surface area contributed by atoms with Crippen molar-refractivity contribution in [3.63, 3.8) is 0 Å². The van der Waals surface area contributed by atoms with E-state index in [1.54, 1.807) is 0 Å². The Bertz CT molecular complexity index is 850. The number of carbonyl (C=O) groups is 2. The van der Waals surface area contributed by atoms with Crippen molar-refractivity contribution in [1.29, 1.82) is 0 Å². The Kier molecular flexibility index (Phi) is 7.17. The fraction of sp³-hybridized carbons (Fsp3) is 0.600. The Labute approximate surface area is 194 Å². The van der Waals surface area contributed by atoms with E-state index in [1.165, 1.54) is 38.5 Å². The summed E-state index contributed by atoms with van der Waals surface area (Å²) in [5.74, 6) is 1.68. The van der Waals surface area contributed by atoms with Crippen molar-refractivity contribution in [1.82, 2.24) is 0 Å². The fourth-order valence-electron chi connectivity index (χ4n) is 5.97. The summed E-state index contributed by atoms with van der Waals surface area (Å²) in [7, 11) is 0. The molecule has 2 saturated carbocycles. The number of ketones is 2. The average molecular weight is 433 g/mol. The average Bonchev–Trinajstić information content (AvgIpc) is 2.80. The monoisotopic (exact) mass is 432 g/mol. The van der Waals surface area contributed by atoms with Gasteiger partial charge in [-0.3, -0.25) is 9.59 Å². The van der Waals surface area contributed by atoms with E-state index in [0.29, 0.717) is 17.6 Å². The summed E-state index contributed by atoms with van der Waals surface area (Å²) in [6.45, 7) is 8.41. The first-order valence-corrected chi connectivity index (χ1v) is 13.1. The SMILES string of the molecule is CC(C)C1=CC(=C2C=C(C3CCCCC3)C(=O)C(C3CCCCC3)=C2)C=C(C(C)C)C1=O. The van der Waals surface area contributed by atoms with Crippen LogP contribution >= 0.6 is 0 Å². The lowest BCUT2D eigenvalue weighted by atomic mass is 9.72. The quantitative estimate of drug-likeness (QED) is 0.458. The summed E-state index contributed by atoms with van der Waals surface area (Å²) in [4.78, 5) is 26.8. The van der Waals surface area contributed by atoms with Crippen molar-refractivity contribution in [2.75, 3.05) is 0 Å². The van der Waals surface area contributed by atoms with Crippen LogP contribution in [-0.4, -0.2) is 11.6 Å². The molecule has 0 aromatic heterocycles. The van der Waals surface area contributed by atoms with Crippen LogP contribution in [0.25, 0.3) is 0 Å². The van der Waals surface area contributed by atoms with Crippen LogP contribution in [0.4, 0.5) is 0 Å². The Morgan fingerprint density at radius 3 is 1.31 bits per heavy atom. The highest BCUT2D eigenvalue weighted by molar-refractivity contribution is 6.12. The lowest BCUT2D eigenvalue weighted by molar-refractivity contribution is -0.114. The lowest BCUT2D eigenvalue weighted by Crippen LogP contribution is -2.25. The van der Waals surface area contributed by atoms with Gasteiger partial charge in [-0.2, -0.15) is 0 Å². The molecule has 0 saturated heterocycles. The van der Waals surface area contributed by atoms with Gasteiger partial charge >= 0.3 is 0 Å². The zero-order chi connectivity index (χ0) is 22.8. The van der Waals surface area contributed by atoms with Crippen LogP contribution in [0.2, 0.25) is 0 Å². The van der Waals surface area contributed by atoms with Gasteiger partial charge in [0.05, 0.1) is 0 Å². The Balaban J connectivity index is 1.85. The van der Waals surface area contributed by atoms with E-state index in [-0.39, 0.29) is 17.6 Å². The molecule has 0 bridgehead atoms. The first-order valence-electron chi connectivity index (χ1n) is 13.1. The molecule has 32 heavy (non-hydrogen) atoms. The minimum atomic E-state index is 0.189. The third-order valence-electron chi connectivity index (χ3n) is 7.96. The number of rotatable bonds is 4. The maximum absolute atomic E-state index is 13.7. The zero-order valence-corrected chi connectivity index (χ0v) is 20.5. The molecular formula is C30H40O2. The van der Waals surface area contributed by atoms with Crippen molar-refractivity contribution in [3.8, 4) is 0 Å². The fourth-order valence-corrected chi connectivity index (χ4v) is 5.97. The second-order valence-corrected chi connectivity index (χ2v) is 10.9. The van der Waals surface area contributed by atoms with Gasteiger partial charge in [-0.05, 0) is 84.8 Å². The van der Waals surface area contributed by atoms with E-state index in [2.05, 4.69) is 52.0 Å². The number of hydrogen-bond donors (Lipinski definition) is 0. The molecule has 4 aliphatic carbocycles. The van der Waals surface area contributed by atoms with E-state index >= 15 is 0 Å². The van der Waals surface area contributed by atoms with E-state index < -0.39 is 0 Å². The first kappa shape index (κ1) is 23.2. The van der Waals surface area contributed by atoms with Crippen LogP contribution in [-0.2, 0) is 9.59 Å². The van der Waals surface area contributed by atoms with E-state index in [9.17, 15) is 9.59 Å². The van der Waals surface area contributed by atoms with Crippen LogP contribution in [0, 0.1) is 23.7 Å². The van der Waals surface area contributed by atoms with Gasteiger partial charge in [0.2, 0.25) is 0 Å². The molecule has 2 heteroatoms. The van der Waals surface area contributed by atoms with Crippen LogP contribution in [0.3, 0.4) is 0 Å². The highest BCUT2D eigenvalue weighted by Crippen LogP contribution is 2.41. The molecule has 0 amide bonds.